The Kier molecular flexibility index (Phi) is 4.80. The number of nitrogens with zero attached hydrogens (tertiary/aromatic N) is 2. The second-order valence-electron chi connectivity index (χ2n) is 5.03. The van der Waals surface area contributed by atoms with E-state index in [1.165, 1.54) is 7.11 Å². The maximum absolute atomic E-state index is 11.9. The number of aromatic nitrogens is 2. The van der Waals surface area contributed by atoms with E-state index in [4.69, 9.17) is 16.3 Å². The first-order valence-electron chi connectivity index (χ1n) is 7.24. The van der Waals surface area contributed by atoms with Crippen molar-refractivity contribution in [1.29, 1.82) is 0 Å². The van der Waals surface area contributed by atoms with E-state index in [0.717, 1.165) is 0 Å². The number of aromatic amines is 1. The van der Waals surface area contributed by atoms with Crippen LogP contribution in [0, 0.1) is 4.91 Å². The number of benzene rings is 2. The molecule has 1 amide bonds. The molecular formula is C16H14ClN4O4+. The van der Waals surface area contributed by atoms with Crippen LogP contribution in [0.5, 0.6) is 6.01 Å². The number of hydrogen-bond donors (Lipinski definition) is 2. The van der Waals surface area contributed by atoms with Crippen molar-refractivity contribution >= 4 is 39.9 Å². The Labute approximate surface area is 147 Å². The summed E-state index contributed by atoms with van der Waals surface area (Å²) in [5.74, 6) is -0.339. The Morgan fingerprint density at radius 3 is 2.76 bits per heavy atom. The topological polar surface area (TPSA) is 96.3 Å². The van der Waals surface area contributed by atoms with Crippen molar-refractivity contribution in [3.63, 3.8) is 0 Å². The van der Waals surface area contributed by atoms with Crippen molar-refractivity contribution in [2.75, 3.05) is 19.0 Å². The lowest BCUT2D eigenvalue weighted by Crippen LogP contribution is -2.20. The van der Waals surface area contributed by atoms with E-state index in [-0.39, 0.29) is 18.5 Å². The van der Waals surface area contributed by atoms with Gasteiger partial charge >= 0.3 is 5.69 Å². The second-order valence-corrected chi connectivity index (χ2v) is 5.46. The van der Waals surface area contributed by atoms with Crippen LogP contribution in [0.3, 0.4) is 0 Å². The molecule has 25 heavy (non-hydrogen) atoms. The third-order valence-electron chi connectivity index (χ3n) is 3.29. The number of carbonyl (C=O) groups excluding carboxylic acids is 1. The van der Waals surface area contributed by atoms with E-state index in [1.54, 1.807) is 42.5 Å². The summed E-state index contributed by atoms with van der Waals surface area (Å²) in [7, 11) is 1.28. The summed E-state index contributed by atoms with van der Waals surface area (Å²) < 4.78 is 5.35. The molecule has 2 aromatic carbocycles. The van der Waals surface area contributed by atoms with E-state index in [9.17, 15) is 9.70 Å². The summed E-state index contributed by atoms with van der Waals surface area (Å²) in [6.45, 7) is -0.221. The fourth-order valence-corrected chi connectivity index (χ4v) is 2.25. The predicted octanol–water partition coefficient (Wildman–Crippen LogP) is 3.21. The van der Waals surface area contributed by atoms with E-state index in [0.29, 0.717) is 32.4 Å². The Bertz CT molecular complexity index is 924. The lowest BCUT2D eigenvalue weighted by Gasteiger charge is -2.05. The van der Waals surface area contributed by atoms with E-state index < -0.39 is 0 Å². The first-order chi connectivity index (χ1) is 12.0. The third-order valence-corrected chi connectivity index (χ3v) is 3.54. The van der Waals surface area contributed by atoms with Crippen LogP contribution >= 0.6 is 11.6 Å². The predicted molar refractivity (Wildman–Crippen MR) is 92.0 cm³/mol. The summed E-state index contributed by atoms with van der Waals surface area (Å²) in [6.07, 6.45) is 0. The van der Waals surface area contributed by atoms with Gasteiger partial charge in [0.05, 0.1) is 15.9 Å². The van der Waals surface area contributed by atoms with Gasteiger partial charge in [-0.05, 0) is 30.3 Å². The zero-order chi connectivity index (χ0) is 17.8. The summed E-state index contributed by atoms with van der Waals surface area (Å²) in [5.41, 5.74) is 2.11. The van der Waals surface area contributed by atoms with Gasteiger partial charge in [-0.1, -0.05) is 11.6 Å². The van der Waals surface area contributed by atoms with E-state index in [2.05, 4.69) is 20.1 Å². The Morgan fingerprint density at radius 2 is 2.04 bits per heavy atom. The van der Waals surface area contributed by atoms with Crippen LogP contribution in [0.25, 0.3) is 11.0 Å². The molecule has 1 heterocycles. The molecule has 0 aliphatic carbocycles. The van der Waals surface area contributed by atoms with Gasteiger partial charge in [0.15, 0.2) is 13.7 Å². The largest absolute Gasteiger partial charge is 0.455 e. The quantitative estimate of drug-likeness (QED) is 0.657. The molecule has 1 aromatic heterocycles. The lowest BCUT2D eigenvalue weighted by molar-refractivity contribution is -0.736. The highest BCUT2D eigenvalue weighted by Gasteiger charge is 2.16. The van der Waals surface area contributed by atoms with Crippen LogP contribution in [-0.2, 0) is 9.63 Å². The molecule has 2 N–H and O–H groups in total. The smallest absolute Gasteiger partial charge is 0.318 e. The minimum atomic E-state index is -0.339. The summed E-state index contributed by atoms with van der Waals surface area (Å²) in [5, 5.41) is 3.26. The summed E-state index contributed by atoms with van der Waals surface area (Å²) in [4.78, 5) is 35.4. The lowest BCUT2D eigenvalue weighted by atomic mass is 10.3. The van der Waals surface area contributed by atoms with Gasteiger partial charge in [-0.15, -0.1) is 0 Å². The van der Waals surface area contributed by atoms with Gasteiger partial charge in [0.2, 0.25) is 0 Å². The molecule has 0 fully saturated rings. The number of carbonyl (C=O) groups is 1. The second kappa shape index (κ2) is 7.18. The highest BCUT2D eigenvalue weighted by molar-refractivity contribution is 6.30. The van der Waals surface area contributed by atoms with Crippen LogP contribution in [0.2, 0.25) is 5.02 Å². The van der Waals surface area contributed by atoms with Gasteiger partial charge in [-0.3, -0.25) is 4.79 Å². The van der Waals surface area contributed by atoms with Gasteiger partial charge in [0.1, 0.15) is 0 Å². The van der Waals surface area contributed by atoms with Gasteiger partial charge in [0, 0.05) is 22.8 Å². The number of hydrogen-bond acceptors (Lipinski definition) is 5. The third kappa shape index (κ3) is 4.04. The number of H-pyrrole nitrogens is 1. The van der Waals surface area contributed by atoms with Crippen LogP contribution in [0.4, 0.5) is 11.4 Å². The fourth-order valence-electron chi connectivity index (χ4n) is 2.13. The molecule has 0 atom stereocenters. The Hall–Kier alpha value is -3.13. The molecule has 128 valence electrons. The van der Waals surface area contributed by atoms with Crippen LogP contribution in [0.15, 0.2) is 42.5 Å². The average Bonchev–Trinajstić information content (AvgIpc) is 3.03. The number of ether oxygens (including phenoxy) is 1. The fraction of sp³-hybridized carbons (Fsp3) is 0.125. The molecule has 8 nitrogen and oxygen atoms in total. The van der Waals surface area contributed by atoms with Gasteiger partial charge in [0.25, 0.3) is 16.8 Å². The highest BCUT2D eigenvalue weighted by Crippen LogP contribution is 2.21. The van der Waals surface area contributed by atoms with E-state index in [1.807, 2.05) is 0 Å². The molecule has 3 rings (SSSR count). The van der Waals surface area contributed by atoms with Crippen molar-refractivity contribution in [2.24, 2.45) is 0 Å². The zero-order valence-corrected chi connectivity index (χ0v) is 13.9. The standard InChI is InChI=1S/C16H13ClN4O4/c1-24-21(23)12-6-7-13-14(8-12)20-16(19-13)25-9-15(22)18-11-4-2-10(17)3-5-11/h2-8H,9H2,1H3,(H-,18,19,20,22,23)/p+1. The van der Waals surface area contributed by atoms with Crippen molar-refractivity contribution < 1.29 is 19.3 Å². The first kappa shape index (κ1) is 16.7. The Morgan fingerprint density at radius 1 is 1.28 bits per heavy atom. The maximum atomic E-state index is 11.9. The van der Waals surface area contributed by atoms with E-state index >= 15 is 0 Å². The van der Waals surface area contributed by atoms with Gasteiger partial charge in [-0.2, -0.15) is 4.98 Å². The van der Waals surface area contributed by atoms with Crippen LogP contribution in [0.1, 0.15) is 0 Å². The minimum Gasteiger partial charge on any atom is -0.455 e. The van der Waals surface area contributed by atoms with Crippen molar-refractivity contribution in [1.82, 2.24) is 9.97 Å². The monoisotopic (exact) mass is 361 g/mol. The summed E-state index contributed by atoms with van der Waals surface area (Å²) in [6, 6.07) is 11.7. The molecule has 9 heteroatoms. The molecule has 0 bridgehead atoms. The molecule has 3 aromatic rings. The zero-order valence-electron chi connectivity index (χ0n) is 13.2. The molecule has 0 aliphatic rings. The molecule has 0 unspecified atom stereocenters. The number of nitrogens with one attached hydrogen (secondary N) is 2. The molecule has 0 spiro atoms. The van der Waals surface area contributed by atoms with Crippen molar-refractivity contribution in [3.05, 3.63) is 52.4 Å². The number of imidazole rings is 1. The van der Waals surface area contributed by atoms with Crippen LogP contribution in [-0.4, -0.2) is 34.5 Å². The molecule has 0 aliphatic heterocycles. The number of fused-ring (bicyclic) bond motifs is 1. The number of amides is 1. The molecule has 0 radical (unpaired) electrons. The number of rotatable bonds is 6. The number of halogens is 1. The highest BCUT2D eigenvalue weighted by atomic mass is 35.5. The SMILES string of the molecule is CO[N+](=O)c1ccc2nc(OCC(=O)Nc3ccc(Cl)cc3)[nH]c2c1. The number of anilines is 1. The normalized spacial score (nSPS) is 10.5. The average molecular weight is 362 g/mol. The first-order valence-corrected chi connectivity index (χ1v) is 7.62. The minimum absolute atomic E-state index is 0.174. The van der Waals surface area contributed by atoms with Gasteiger partial charge in [-0.25, -0.2) is 4.84 Å². The van der Waals surface area contributed by atoms with Crippen molar-refractivity contribution in [2.45, 2.75) is 0 Å². The van der Waals surface area contributed by atoms with Crippen molar-refractivity contribution in [3.8, 4) is 6.01 Å². The van der Waals surface area contributed by atoms with Gasteiger partial charge < -0.3 is 15.0 Å². The maximum Gasteiger partial charge on any atom is 0.318 e. The molecule has 0 saturated heterocycles. The molecular weight excluding hydrogens is 348 g/mol. The Balaban J connectivity index is 1.63. The molecule has 0 saturated carbocycles. The van der Waals surface area contributed by atoms with Crippen LogP contribution < -0.4 is 10.1 Å². The summed E-state index contributed by atoms with van der Waals surface area (Å²) >= 11 is 5.79.